The highest BCUT2D eigenvalue weighted by atomic mass is 32.2. The fraction of sp³-hybridized carbons (Fsp3) is 0.519. The van der Waals surface area contributed by atoms with Crippen LogP contribution in [0.1, 0.15) is 41.6 Å². The van der Waals surface area contributed by atoms with Gasteiger partial charge >= 0.3 is 6.47 Å². The Balaban J connectivity index is 1.52. The third-order valence-corrected chi connectivity index (χ3v) is 8.81. The standard InChI is InChI=1S/C27H37N7O5S/c1-29-23(28)16-6-5-7-17(12-16)24(36)30-19-9-8-18(26(38)32(2)3)13-20(19)31-25(37)27-34(39-15-35)21-10-11-33(4)14-22(21)40-27/h5-7,12,15,18-20,27H,8-11,13-14H2,1-4H3,(H2,28,29)(H,30,36)(H,31,37)/t18-,19-,20+,27?/m0/s1. The number of hydroxylamine groups is 2. The van der Waals surface area contributed by atoms with E-state index >= 15 is 0 Å². The number of nitrogens with one attached hydrogen (secondary N) is 4. The average molecular weight is 572 g/mol. The smallest absolute Gasteiger partial charge is 0.320 e. The highest BCUT2D eigenvalue weighted by molar-refractivity contribution is 8.04. The minimum atomic E-state index is -0.799. The van der Waals surface area contributed by atoms with Crippen LogP contribution in [0.4, 0.5) is 0 Å². The average Bonchev–Trinajstić information content (AvgIpc) is 3.30. The predicted molar refractivity (Wildman–Crippen MR) is 151 cm³/mol. The summed E-state index contributed by atoms with van der Waals surface area (Å²) in [5.41, 5.74) is 1.81. The van der Waals surface area contributed by atoms with Gasteiger partial charge in [-0.15, -0.1) is 0 Å². The summed E-state index contributed by atoms with van der Waals surface area (Å²) in [6.07, 6.45) is 2.08. The molecule has 0 saturated heterocycles. The summed E-state index contributed by atoms with van der Waals surface area (Å²) in [7, 11) is 7.05. The van der Waals surface area contributed by atoms with E-state index < -0.39 is 17.5 Å². The summed E-state index contributed by atoms with van der Waals surface area (Å²) in [5, 5.41) is 17.5. The Kier molecular flexibility index (Phi) is 9.36. The first-order chi connectivity index (χ1) is 19.1. The molecule has 0 spiro atoms. The molecule has 12 nitrogen and oxygen atoms in total. The molecule has 2 heterocycles. The van der Waals surface area contributed by atoms with E-state index in [1.165, 1.54) is 16.8 Å². The Labute approximate surface area is 238 Å². The number of thioether (sulfide) groups is 1. The molecule has 3 aliphatic rings. The van der Waals surface area contributed by atoms with Gasteiger partial charge in [-0.05, 0) is 38.4 Å². The van der Waals surface area contributed by atoms with Crippen molar-refractivity contribution in [2.75, 3.05) is 41.3 Å². The van der Waals surface area contributed by atoms with Crippen molar-refractivity contribution in [1.29, 1.82) is 5.41 Å². The van der Waals surface area contributed by atoms with E-state index in [2.05, 4.69) is 20.9 Å². The lowest BCUT2D eigenvalue weighted by molar-refractivity contribution is -0.170. The number of hydrogen-bond donors (Lipinski definition) is 4. The number of carbonyl (C=O) groups is 4. The molecule has 0 aromatic heterocycles. The molecular formula is C27H37N7O5S. The minimum absolute atomic E-state index is 0.0244. The third kappa shape index (κ3) is 6.41. The van der Waals surface area contributed by atoms with Crippen molar-refractivity contribution in [3.05, 3.63) is 46.0 Å². The molecule has 3 amide bonds. The summed E-state index contributed by atoms with van der Waals surface area (Å²) in [6.45, 7) is 1.77. The molecule has 40 heavy (non-hydrogen) atoms. The van der Waals surface area contributed by atoms with Gasteiger partial charge < -0.3 is 30.6 Å². The van der Waals surface area contributed by atoms with Gasteiger partial charge in [-0.25, -0.2) is 0 Å². The Bertz CT molecular complexity index is 1210. The van der Waals surface area contributed by atoms with Gasteiger partial charge in [0.15, 0.2) is 5.37 Å². The van der Waals surface area contributed by atoms with Crippen molar-refractivity contribution in [1.82, 2.24) is 30.8 Å². The van der Waals surface area contributed by atoms with Crippen molar-refractivity contribution < 1.29 is 24.0 Å². The number of amides is 3. The van der Waals surface area contributed by atoms with Crippen LogP contribution in [-0.4, -0.2) is 104 Å². The SMILES string of the molecule is CNC(=N)c1cccc(C(=O)N[C@H]2CC[C@H](C(=O)N(C)C)C[C@H]2NC(=O)C2SC3=C(CCN(C)C3)N2OC=O)c1. The van der Waals surface area contributed by atoms with Gasteiger partial charge in [-0.2, -0.15) is 5.06 Å². The quantitative estimate of drug-likeness (QED) is 0.201. The van der Waals surface area contributed by atoms with Crippen molar-refractivity contribution in [2.24, 2.45) is 5.92 Å². The lowest BCUT2D eigenvalue weighted by Crippen LogP contribution is -2.58. The van der Waals surface area contributed by atoms with E-state index in [0.717, 1.165) is 17.1 Å². The first-order valence-electron chi connectivity index (χ1n) is 13.3. The van der Waals surface area contributed by atoms with Crippen LogP contribution < -0.4 is 16.0 Å². The number of nitrogens with zero attached hydrogens (tertiary/aromatic N) is 3. The van der Waals surface area contributed by atoms with Crippen molar-refractivity contribution in [3.8, 4) is 0 Å². The number of benzene rings is 1. The molecule has 4 rings (SSSR count). The van der Waals surface area contributed by atoms with Gasteiger partial charge in [-0.3, -0.25) is 24.6 Å². The molecule has 0 radical (unpaired) electrons. The number of amidine groups is 1. The molecule has 1 saturated carbocycles. The molecule has 4 atom stereocenters. The number of carbonyl (C=O) groups excluding carboxylic acids is 4. The van der Waals surface area contributed by atoms with Gasteiger partial charge in [-0.1, -0.05) is 23.9 Å². The molecule has 1 fully saturated rings. The lowest BCUT2D eigenvalue weighted by atomic mass is 9.81. The summed E-state index contributed by atoms with van der Waals surface area (Å²) in [5.74, 6) is -0.805. The van der Waals surface area contributed by atoms with Gasteiger partial charge in [0.1, 0.15) is 5.84 Å². The van der Waals surface area contributed by atoms with Crippen LogP contribution >= 0.6 is 11.8 Å². The van der Waals surface area contributed by atoms with Gasteiger partial charge in [0.05, 0.1) is 5.70 Å². The number of likely N-dealkylation sites (N-methyl/N-ethyl adjacent to an activating group) is 1. The second kappa shape index (κ2) is 12.7. The van der Waals surface area contributed by atoms with Crippen LogP contribution in [0.25, 0.3) is 0 Å². The molecule has 1 aromatic rings. The van der Waals surface area contributed by atoms with Crippen LogP contribution in [-0.2, 0) is 19.2 Å². The zero-order valence-corrected chi connectivity index (χ0v) is 24.0. The predicted octanol–water partition coefficient (Wildman–Crippen LogP) is 0.713. The zero-order valence-electron chi connectivity index (χ0n) is 23.2. The molecule has 4 N–H and O–H groups in total. The minimum Gasteiger partial charge on any atom is -0.373 e. The van der Waals surface area contributed by atoms with Gasteiger partial charge in [0, 0.05) is 74.7 Å². The van der Waals surface area contributed by atoms with E-state index in [-0.39, 0.29) is 29.5 Å². The van der Waals surface area contributed by atoms with Crippen LogP contribution in [0, 0.1) is 11.3 Å². The highest BCUT2D eigenvalue weighted by Crippen LogP contribution is 2.42. The van der Waals surface area contributed by atoms with Crippen molar-refractivity contribution in [2.45, 2.75) is 43.1 Å². The zero-order chi connectivity index (χ0) is 29.0. The first-order valence-corrected chi connectivity index (χ1v) is 14.2. The Hall–Kier alpha value is -3.58. The summed E-state index contributed by atoms with van der Waals surface area (Å²) in [4.78, 5) is 60.9. The largest absolute Gasteiger partial charge is 0.373 e. The summed E-state index contributed by atoms with van der Waals surface area (Å²) >= 11 is 1.35. The van der Waals surface area contributed by atoms with Crippen LogP contribution in [0.15, 0.2) is 34.9 Å². The molecular weight excluding hydrogens is 534 g/mol. The third-order valence-electron chi connectivity index (χ3n) is 7.53. The van der Waals surface area contributed by atoms with E-state index in [0.29, 0.717) is 49.8 Å². The molecule has 216 valence electrons. The maximum atomic E-state index is 13.6. The maximum Gasteiger partial charge on any atom is 0.320 e. The normalized spacial score (nSPS) is 24.6. The van der Waals surface area contributed by atoms with E-state index in [1.807, 2.05) is 7.05 Å². The lowest BCUT2D eigenvalue weighted by Gasteiger charge is -2.38. The highest BCUT2D eigenvalue weighted by Gasteiger charge is 2.43. The maximum absolute atomic E-state index is 13.6. The van der Waals surface area contributed by atoms with Gasteiger partial charge in [0.25, 0.3) is 11.8 Å². The fourth-order valence-electron chi connectivity index (χ4n) is 5.40. The second-order valence-corrected chi connectivity index (χ2v) is 11.7. The van der Waals surface area contributed by atoms with E-state index in [4.69, 9.17) is 10.2 Å². The fourth-order valence-corrected chi connectivity index (χ4v) is 6.74. The van der Waals surface area contributed by atoms with Gasteiger partial charge in [0.2, 0.25) is 5.91 Å². The molecule has 13 heteroatoms. The van der Waals surface area contributed by atoms with Crippen molar-refractivity contribution in [3.63, 3.8) is 0 Å². The molecule has 1 unspecified atom stereocenters. The number of hydrogen-bond acceptors (Lipinski definition) is 9. The Morgan fingerprint density at radius 3 is 2.60 bits per heavy atom. The number of rotatable bonds is 8. The topological polar surface area (TPSA) is 147 Å². The van der Waals surface area contributed by atoms with E-state index in [1.54, 1.807) is 50.3 Å². The van der Waals surface area contributed by atoms with Crippen molar-refractivity contribution >= 4 is 41.8 Å². The molecule has 2 aliphatic heterocycles. The van der Waals surface area contributed by atoms with Crippen LogP contribution in [0.3, 0.4) is 0 Å². The molecule has 0 bridgehead atoms. The first kappa shape index (κ1) is 29.4. The summed E-state index contributed by atoms with van der Waals surface area (Å²) < 4.78 is 0. The Morgan fingerprint density at radius 2 is 1.90 bits per heavy atom. The Morgan fingerprint density at radius 1 is 1.15 bits per heavy atom. The van der Waals surface area contributed by atoms with E-state index in [9.17, 15) is 19.2 Å². The van der Waals surface area contributed by atoms with Crippen LogP contribution in [0.5, 0.6) is 0 Å². The summed E-state index contributed by atoms with van der Waals surface area (Å²) in [6, 6.07) is 5.84. The van der Waals surface area contributed by atoms with Crippen LogP contribution in [0.2, 0.25) is 0 Å². The molecule has 1 aromatic carbocycles. The molecule has 1 aliphatic carbocycles. The second-order valence-electron chi connectivity index (χ2n) is 10.5. The monoisotopic (exact) mass is 571 g/mol.